The van der Waals surface area contributed by atoms with Crippen molar-refractivity contribution in [3.63, 3.8) is 0 Å². The van der Waals surface area contributed by atoms with Crippen LogP contribution in [0.3, 0.4) is 0 Å². The van der Waals surface area contributed by atoms with Gasteiger partial charge in [-0.15, -0.1) is 34.2 Å². The van der Waals surface area contributed by atoms with Crippen LogP contribution in [0.1, 0.15) is 44.3 Å². The topological polar surface area (TPSA) is 90.7 Å². The zero-order valence-corrected chi connectivity index (χ0v) is 20.2. The van der Waals surface area contributed by atoms with E-state index < -0.39 is 0 Å². The van der Waals surface area contributed by atoms with Crippen molar-refractivity contribution in [2.75, 3.05) is 39.3 Å². The molecule has 0 atom stereocenters. The van der Waals surface area contributed by atoms with Gasteiger partial charge in [-0.1, -0.05) is 13.3 Å². The van der Waals surface area contributed by atoms with E-state index in [1.54, 1.807) is 0 Å². The van der Waals surface area contributed by atoms with Crippen LogP contribution in [0.15, 0.2) is 4.99 Å². The van der Waals surface area contributed by atoms with Crippen molar-refractivity contribution in [2.45, 2.75) is 52.1 Å². The van der Waals surface area contributed by atoms with E-state index in [1.807, 2.05) is 18.5 Å². The Kier molecular flexibility index (Phi) is 9.60. The summed E-state index contributed by atoms with van der Waals surface area (Å²) in [5, 5.41) is 14.9. The van der Waals surface area contributed by atoms with E-state index >= 15 is 0 Å². The summed E-state index contributed by atoms with van der Waals surface area (Å²) in [5.74, 6) is 2.84. The maximum Gasteiger partial charge on any atom is 0.234 e. The number of nitrogens with one attached hydrogen (secondary N) is 2. The Balaban J connectivity index is 0.00000300. The van der Waals surface area contributed by atoms with E-state index in [0.29, 0.717) is 19.1 Å². The van der Waals surface area contributed by atoms with E-state index in [9.17, 15) is 4.79 Å². The summed E-state index contributed by atoms with van der Waals surface area (Å²) in [7, 11) is 1.97. The molecule has 0 radical (unpaired) electrons. The van der Waals surface area contributed by atoms with Crippen LogP contribution in [-0.4, -0.2) is 81.7 Å². The van der Waals surface area contributed by atoms with E-state index in [2.05, 4.69) is 37.6 Å². The standard InChI is InChI=1S/C19H34N8O.HI/c1-4-5-8-20-19(21-13-17-24-23-15(2)25(17)3)27-11-9-26(10-12-27)14-18(28)22-16-6-7-16;/h16H,4-14H2,1-3H3,(H,20,21)(H,22,28);1H. The maximum atomic E-state index is 12.0. The van der Waals surface area contributed by atoms with Gasteiger partial charge in [-0.2, -0.15) is 0 Å². The molecule has 164 valence electrons. The van der Waals surface area contributed by atoms with Crippen molar-refractivity contribution in [2.24, 2.45) is 12.0 Å². The van der Waals surface area contributed by atoms with Gasteiger partial charge in [0.25, 0.3) is 0 Å². The summed E-state index contributed by atoms with van der Waals surface area (Å²) in [6.45, 7) is 9.53. The molecule has 29 heavy (non-hydrogen) atoms. The molecule has 1 amide bonds. The van der Waals surface area contributed by atoms with Crippen LogP contribution in [0, 0.1) is 6.92 Å². The minimum absolute atomic E-state index is 0. The molecule has 9 nitrogen and oxygen atoms in total. The lowest BCUT2D eigenvalue weighted by atomic mass is 10.3. The largest absolute Gasteiger partial charge is 0.356 e. The second-order valence-corrected chi connectivity index (χ2v) is 7.75. The Labute approximate surface area is 190 Å². The molecule has 10 heteroatoms. The Hall–Kier alpha value is -1.43. The minimum Gasteiger partial charge on any atom is -0.356 e. The number of aromatic nitrogens is 3. The van der Waals surface area contributed by atoms with Crippen LogP contribution in [0.25, 0.3) is 0 Å². The highest BCUT2D eigenvalue weighted by molar-refractivity contribution is 14.0. The van der Waals surface area contributed by atoms with Crippen LogP contribution in [0.2, 0.25) is 0 Å². The number of piperazine rings is 1. The molecule has 1 aliphatic heterocycles. The quantitative estimate of drug-likeness (QED) is 0.230. The highest BCUT2D eigenvalue weighted by Crippen LogP contribution is 2.18. The second kappa shape index (κ2) is 11.7. The van der Waals surface area contributed by atoms with Gasteiger partial charge in [-0.25, -0.2) is 4.99 Å². The summed E-state index contributed by atoms with van der Waals surface area (Å²) in [5.41, 5.74) is 0. The average molecular weight is 518 g/mol. The molecule has 1 saturated heterocycles. The van der Waals surface area contributed by atoms with E-state index in [1.165, 1.54) is 0 Å². The first-order valence-corrected chi connectivity index (χ1v) is 10.5. The normalized spacial score (nSPS) is 17.8. The van der Waals surface area contributed by atoms with Crippen LogP contribution < -0.4 is 10.6 Å². The fourth-order valence-corrected chi connectivity index (χ4v) is 3.20. The van der Waals surface area contributed by atoms with E-state index in [-0.39, 0.29) is 29.9 Å². The smallest absolute Gasteiger partial charge is 0.234 e. The van der Waals surface area contributed by atoms with Gasteiger partial charge in [0.15, 0.2) is 11.8 Å². The third-order valence-corrected chi connectivity index (χ3v) is 5.35. The lowest BCUT2D eigenvalue weighted by molar-refractivity contribution is -0.122. The predicted octanol–water partition coefficient (Wildman–Crippen LogP) is 0.883. The zero-order valence-electron chi connectivity index (χ0n) is 17.9. The first-order chi connectivity index (χ1) is 13.6. The third kappa shape index (κ3) is 7.40. The van der Waals surface area contributed by atoms with Gasteiger partial charge in [0.05, 0.1) is 6.54 Å². The summed E-state index contributed by atoms with van der Waals surface area (Å²) < 4.78 is 1.98. The van der Waals surface area contributed by atoms with E-state index in [0.717, 1.165) is 76.0 Å². The molecule has 0 spiro atoms. The fourth-order valence-electron chi connectivity index (χ4n) is 3.20. The van der Waals surface area contributed by atoms with Crippen molar-refractivity contribution in [1.82, 2.24) is 35.2 Å². The monoisotopic (exact) mass is 518 g/mol. The molecule has 2 heterocycles. The number of unbranched alkanes of at least 4 members (excludes halogenated alkanes) is 1. The highest BCUT2D eigenvalue weighted by Gasteiger charge is 2.26. The molecule has 0 aromatic carbocycles. The number of rotatable bonds is 8. The third-order valence-electron chi connectivity index (χ3n) is 5.35. The first kappa shape index (κ1) is 23.8. The molecule has 2 N–H and O–H groups in total. The Morgan fingerprint density at radius 2 is 1.93 bits per heavy atom. The SMILES string of the molecule is CCCCNC(=NCc1nnc(C)n1C)N1CCN(CC(=O)NC2CC2)CC1.I. The molecule has 2 aliphatic rings. The van der Waals surface area contributed by atoms with Gasteiger partial charge >= 0.3 is 0 Å². The Morgan fingerprint density at radius 3 is 2.52 bits per heavy atom. The number of halogens is 1. The fraction of sp³-hybridized carbons (Fsp3) is 0.789. The molecule has 2 fully saturated rings. The molecular weight excluding hydrogens is 483 g/mol. The second-order valence-electron chi connectivity index (χ2n) is 7.75. The Morgan fingerprint density at radius 1 is 1.21 bits per heavy atom. The van der Waals surface area contributed by atoms with E-state index in [4.69, 9.17) is 4.99 Å². The molecule has 0 bridgehead atoms. The van der Waals surface area contributed by atoms with Gasteiger partial charge in [0.2, 0.25) is 5.91 Å². The molecule has 1 aliphatic carbocycles. The number of amides is 1. The van der Waals surface area contributed by atoms with Gasteiger partial charge in [0, 0.05) is 45.8 Å². The molecule has 1 saturated carbocycles. The lowest BCUT2D eigenvalue weighted by Crippen LogP contribution is -2.54. The van der Waals surface area contributed by atoms with Crippen molar-refractivity contribution in [3.05, 3.63) is 11.6 Å². The number of aliphatic imine (C=N–C) groups is 1. The number of nitrogens with zero attached hydrogens (tertiary/aromatic N) is 6. The minimum atomic E-state index is 0. The van der Waals surface area contributed by atoms with Gasteiger partial charge < -0.3 is 20.1 Å². The lowest BCUT2D eigenvalue weighted by Gasteiger charge is -2.36. The number of hydrogen-bond donors (Lipinski definition) is 2. The first-order valence-electron chi connectivity index (χ1n) is 10.5. The van der Waals surface area contributed by atoms with Crippen molar-refractivity contribution < 1.29 is 4.79 Å². The summed E-state index contributed by atoms with van der Waals surface area (Å²) in [6.07, 6.45) is 4.53. The van der Waals surface area contributed by atoms with Crippen LogP contribution in [-0.2, 0) is 18.4 Å². The number of guanidine groups is 1. The Bertz CT molecular complexity index is 680. The molecule has 3 rings (SSSR count). The van der Waals surface area contributed by atoms with Crippen molar-refractivity contribution in [3.8, 4) is 0 Å². The molecular formula is C19H35IN8O. The van der Waals surface area contributed by atoms with Gasteiger partial charge in [0.1, 0.15) is 12.4 Å². The predicted molar refractivity (Wildman–Crippen MR) is 124 cm³/mol. The summed E-state index contributed by atoms with van der Waals surface area (Å²) in [6, 6.07) is 0.430. The van der Waals surface area contributed by atoms with Crippen LogP contribution in [0.4, 0.5) is 0 Å². The molecule has 1 aromatic heterocycles. The van der Waals surface area contributed by atoms with Gasteiger partial charge in [-0.05, 0) is 26.2 Å². The summed E-state index contributed by atoms with van der Waals surface area (Å²) >= 11 is 0. The average Bonchev–Trinajstić information content (AvgIpc) is 3.44. The highest BCUT2D eigenvalue weighted by atomic mass is 127. The number of hydrogen-bond acceptors (Lipinski definition) is 5. The summed E-state index contributed by atoms with van der Waals surface area (Å²) in [4.78, 5) is 21.3. The zero-order chi connectivity index (χ0) is 19.9. The molecule has 1 aromatic rings. The number of carbonyl (C=O) groups is 1. The number of aryl methyl sites for hydroxylation is 1. The van der Waals surface area contributed by atoms with Crippen LogP contribution >= 0.6 is 24.0 Å². The van der Waals surface area contributed by atoms with Crippen LogP contribution in [0.5, 0.6) is 0 Å². The maximum absolute atomic E-state index is 12.0. The van der Waals surface area contributed by atoms with Crippen molar-refractivity contribution in [1.29, 1.82) is 0 Å². The molecule has 0 unspecified atom stereocenters. The number of carbonyl (C=O) groups excluding carboxylic acids is 1. The van der Waals surface area contributed by atoms with Crippen molar-refractivity contribution >= 4 is 35.8 Å². The van der Waals surface area contributed by atoms with Gasteiger partial charge in [-0.3, -0.25) is 9.69 Å².